The van der Waals surface area contributed by atoms with Crippen molar-refractivity contribution in [1.29, 1.82) is 0 Å². The summed E-state index contributed by atoms with van der Waals surface area (Å²) in [5, 5.41) is 20.9. The number of carbonyl (C=O) groups is 1. The van der Waals surface area contributed by atoms with Gasteiger partial charge in [0.25, 0.3) is 5.91 Å². The largest absolute Gasteiger partial charge is 0.504 e. The number of nitrogens with one attached hydrogen (secondary N) is 2. The fraction of sp³-hybridized carbons (Fsp3) is 0.190. The maximum atomic E-state index is 12.3. The van der Waals surface area contributed by atoms with Crippen molar-refractivity contribution in [2.75, 3.05) is 13.2 Å². The van der Waals surface area contributed by atoms with Gasteiger partial charge in [0.2, 0.25) is 0 Å². The highest BCUT2D eigenvalue weighted by atomic mass is 16.5. The maximum absolute atomic E-state index is 12.3. The maximum Gasteiger partial charge on any atom is 0.289 e. The van der Waals surface area contributed by atoms with Gasteiger partial charge in [-0.2, -0.15) is 10.2 Å². The van der Waals surface area contributed by atoms with Gasteiger partial charge in [0.1, 0.15) is 11.4 Å². The van der Waals surface area contributed by atoms with E-state index < -0.39 is 5.91 Å². The number of hydrazone groups is 1. The highest BCUT2D eigenvalue weighted by molar-refractivity contribution is 5.94. The fourth-order valence-electron chi connectivity index (χ4n) is 2.67. The molecule has 2 aromatic carbocycles. The standard InChI is InChI=1S/C21H22N4O4/c1-3-28-18-10-6-5-9-15(18)16-12-17(24-23-16)21(27)25-22-13-14-8-7-11-19(20(14)26)29-4-2/h5-13,26H,3-4H2,1-2H3,(H,23,24)(H,25,27). The number of hydrogen-bond donors (Lipinski definition) is 3. The van der Waals surface area contributed by atoms with Gasteiger partial charge in [-0.3, -0.25) is 9.89 Å². The van der Waals surface area contributed by atoms with Crippen molar-refractivity contribution in [2.45, 2.75) is 13.8 Å². The molecule has 29 heavy (non-hydrogen) atoms. The molecular weight excluding hydrogens is 372 g/mol. The van der Waals surface area contributed by atoms with Crippen LogP contribution in [-0.4, -0.2) is 40.6 Å². The number of nitrogens with zero attached hydrogens (tertiary/aromatic N) is 2. The molecule has 3 N–H and O–H groups in total. The number of benzene rings is 2. The molecule has 0 radical (unpaired) electrons. The van der Waals surface area contributed by atoms with Gasteiger partial charge in [-0.05, 0) is 44.2 Å². The Labute approximate surface area is 168 Å². The van der Waals surface area contributed by atoms with Gasteiger partial charge in [0, 0.05) is 11.1 Å². The molecule has 0 aliphatic rings. The second-order valence-electron chi connectivity index (χ2n) is 5.92. The molecule has 3 aromatic rings. The Hall–Kier alpha value is -3.81. The Kier molecular flexibility index (Phi) is 6.47. The summed E-state index contributed by atoms with van der Waals surface area (Å²) < 4.78 is 10.9. The summed E-state index contributed by atoms with van der Waals surface area (Å²) in [4.78, 5) is 12.3. The van der Waals surface area contributed by atoms with Crippen LogP contribution >= 0.6 is 0 Å². The number of aromatic amines is 1. The number of H-pyrrole nitrogens is 1. The van der Waals surface area contributed by atoms with Crippen LogP contribution in [0.1, 0.15) is 29.9 Å². The Balaban J connectivity index is 1.70. The van der Waals surface area contributed by atoms with Crippen molar-refractivity contribution in [3.8, 4) is 28.5 Å². The zero-order chi connectivity index (χ0) is 20.6. The van der Waals surface area contributed by atoms with Gasteiger partial charge in [0.05, 0.1) is 25.1 Å². The van der Waals surface area contributed by atoms with Crippen molar-refractivity contribution in [2.24, 2.45) is 5.10 Å². The van der Waals surface area contributed by atoms with Gasteiger partial charge in [-0.25, -0.2) is 5.43 Å². The molecule has 0 saturated heterocycles. The number of phenols is 1. The molecule has 1 aromatic heterocycles. The van der Waals surface area contributed by atoms with Gasteiger partial charge in [-0.1, -0.05) is 18.2 Å². The third-order valence-electron chi connectivity index (χ3n) is 3.99. The summed E-state index contributed by atoms with van der Waals surface area (Å²) >= 11 is 0. The normalized spacial score (nSPS) is 10.8. The van der Waals surface area contributed by atoms with Crippen molar-refractivity contribution in [1.82, 2.24) is 15.6 Å². The number of ether oxygens (including phenoxy) is 2. The van der Waals surface area contributed by atoms with Crippen LogP contribution in [0.2, 0.25) is 0 Å². The molecule has 3 rings (SSSR count). The van der Waals surface area contributed by atoms with Crippen molar-refractivity contribution in [3.63, 3.8) is 0 Å². The summed E-state index contributed by atoms with van der Waals surface area (Å²) in [5.41, 5.74) is 4.45. The number of para-hydroxylation sites is 2. The van der Waals surface area contributed by atoms with E-state index in [9.17, 15) is 9.90 Å². The molecule has 0 aliphatic heterocycles. The van der Waals surface area contributed by atoms with Gasteiger partial charge in [0.15, 0.2) is 11.5 Å². The van der Waals surface area contributed by atoms with Crippen molar-refractivity contribution in [3.05, 3.63) is 59.8 Å². The number of aromatic hydroxyl groups is 1. The number of phenolic OH excluding ortho intramolecular Hbond substituents is 1. The molecule has 0 aliphatic carbocycles. The number of carbonyl (C=O) groups excluding carboxylic acids is 1. The average Bonchev–Trinajstić information content (AvgIpc) is 3.22. The molecule has 1 amide bonds. The summed E-state index contributed by atoms with van der Waals surface area (Å²) in [6.07, 6.45) is 1.34. The predicted molar refractivity (Wildman–Crippen MR) is 110 cm³/mol. The Bertz CT molecular complexity index is 1010. The van der Waals surface area contributed by atoms with E-state index >= 15 is 0 Å². The minimum Gasteiger partial charge on any atom is -0.504 e. The summed E-state index contributed by atoms with van der Waals surface area (Å²) in [6, 6.07) is 14.1. The SMILES string of the molecule is CCOc1ccccc1-c1cc(C(=O)NN=Cc2cccc(OCC)c2O)[nH]n1. The molecule has 0 fully saturated rings. The summed E-state index contributed by atoms with van der Waals surface area (Å²) in [6.45, 7) is 4.69. The first kappa shape index (κ1) is 19.9. The van der Waals surface area contributed by atoms with Crippen LogP contribution in [0.15, 0.2) is 53.6 Å². The summed E-state index contributed by atoms with van der Waals surface area (Å²) in [7, 11) is 0. The molecule has 150 valence electrons. The smallest absolute Gasteiger partial charge is 0.289 e. The van der Waals surface area contributed by atoms with E-state index in [1.807, 2.05) is 38.1 Å². The third-order valence-corrected chi connectivity index (χ3v) is 3.99. The lowest BCUT2D eigenvalue weighted by molar-refractivity contribution is 0.0950. The van der Waals surface area contributed by atoms with E-state index in [0.29, 0.717) is 36.0 Å². The molecule has 0 unspecified atom stereocenters. The minimum atomic E-state index is -0.464. The third kappa shape index (κ3) is 4.73. The van der Waals surface area contributed by atoms with Crippen LogP contribution in [-0.2, 0) is 0 Å². The van der Waals surface area contributed by atoms with E-state index in [-0.39, 0.29) is 11.4 Å². The van der Waals surface area contributed by atoms with E-state index in [0.717, 1.165) is 5.56 Å². The number of rotatable bonds is 8. The van der Waals surface area contributed by atoms with Crippen LogP contribution in [0.4, 0.5) is 0 Å². The van der Waals surface area contributed by atoms with E-state index in [1.54, 1.807) is 24.3 Å². The highest BCUT2D eigenvalue weighted by Gasteiger charge is 2.13. The molecule has 1 heterocycles. The Morgan fingerprint density at radius 1 is 1.14 bits per heavy atom. The predicted octanol–water partition coefficient (Wildman–Crippen LogP) is 3.34. The van der Waals surface area contributed by atoms with Gasteiger partial charge in [-0.15, -0.1) is 0 Å². The first-order valence-electron chi connectivity index (χ1n) is 9.19. The zero-order valence-corrected chi connectivity index (χ0v) is 16.2. The quantitative estimate of drug-likeness (QED) is 0.401. The van der Waals surface area contributed by atoms with Crippen LogP contribution < -0.4 is 14.9 Å². The first-order chi connectivity index (χ1) is 14.1. The number of aromatic nitrogens is 2. The summed E-state index contributed by atoms with van der Waals surface area (Å²) in [5.74, 6) is 0.545. The fourth-order valence-corrected chi connectivity index (χ4v) is 2.67. The molecule has 0 atom stereocenters. The Morgan fingerprint density at radius 2 is 1.86 bits per heavy atom. The number of amides is 1. The lowest BCUT2D eigenvalue weighted by atomic mass is 10.1. The average molecular weight is 394 g/mol. The van der Waals surface area contributed by atoms with Crippen LogP contribution in [0, 0.1) is 0 Å². The molecule has 0 saturated carbocycles. The van der Waals surface area contributed by atoms with Gasteiger partial charge < -0.3 is 14.6 Å². The van der Waals surface area contributed by atoms with Gasteiger partial charge >= 0.3 is 0 Å². The van der Waals surface area contributed by atoms with Crippen molar-refractivity contribution < 1.29 is 19.4 Å². The first-order valence-corrected chi connectivity index (χ1v) is 9.19. The lowest BCUT2D eigenvalue weighted by Crippen LogP contribution is -2.18. The molecule has 8 heteroatoms. The second-order valence-corrected chi connectivity index (χ2v) is 5.92. The van der Waals surface area contributed by atoms with Crippen LogP contribution in [0.5, 0.6) is 17.2 Å². The van der Waals surface area contributed by atoms with Crippen LogP contribution in [0.25, 0.3) is 11.3 Å². The van der Waals surface area contributed by atoms with Crippen molar-refractivity contribution >= 4 is 12.1 Å². The second kappa shape index (κ2) is 9.41. The molecule has 0 spiro atoms. The zero-order valence-electron chi connectivity index (χ0n) is 16.2. The number of hydrogen-bond acceptors (Lipinski definition) is 6. The Morgan fingerprint density at radius 3 is 2.66 bits per heavy atom. The van der Waals surface area contributed by atoms with E-state index in [1.165, 1.54) is 6.21 Å². The van der Waals surface area contributed by atoms with E-state index in [4.69, 9.17) is 9.47 Å². The monoisotopic (exact) mass is 394 g/mol. The minimum absolute atomic E-state index is 0.0382. The molecule has 8 nitrogen and oxygen atoms in total. The molecule has 0 bridgehead atoms. The molecular formula is C21H22N4O4. The highest BCUT2D eigenvalue weighted by Crippen LogP contribution is 2.29. The van der Waals surface area contributed by atoms with E-state index in [2.05, 4.69) is 20.7 Å². The van der Waals surface area contributed by atoms with Crippen LogP contribution in [0.3, 0.4) is 0 Å². The topological polar surface area (TPSA) is 109 Å². The lowest BCUT2D eigenvalue weighted by Gasteiger charge is -2.07.